The van der Waals surface area contributed by atoms with Gasteiger partial charge in [-0.15, -0.1) is 0 Å². The number of anilines is 1. The van der Waals surface area contributed by atoms with Crippen LogP contribution in [0.15, 0.2) is 59.1 Å². The summed E-state index contributed by atoms with van der Waals surface area (Å²) in [6, 6.07) is 16.2. The maximum atomic E-state index is 14.7. The van der Waals surface area contributed by atoms with Crippen LogP contribution in [-0.4, -0.2) is 48.3 Å². The van der Waals surface area contributed by atoms with Crippen LogP contribution in [0.4, 0.5) is 10.3 Å². The maximum absolute atomic E-state index is 14.7. The van der Waals surface area contributed by atoms with E-state index in [0.29, 0.717) is 56.4 Å². The second kappa shape index (κ2) is 10.6. The van der Waals surface area contributed by atoms with Crippen LogP contribution in [0, 0.1) is 5.82 Å². The van der Waals surface area contributed by atoms with E-state index in [9.17, 15) is 9.18 Å². The summed E-state index contributed by atoms with van der Waals surface area (Å²) in [4.78, 5) is 17.3. The number of carbonyl (C=O) groups is 1. The Morgan fingerprint density at radius 1 is 1.12 bits per heavy atom. The van der Waals surface area contributed by atoms with Crippen LogP contribution in [-0.2, 0) is 22.5 Å². The highest BCUT2D eigenvalue weighted by Gasteiger charge is 2.29. The van der Waals surface area contributed by atoms with Gasteiger partial charge in [0.15, 0.2) is 0 Å². The summed E-state index contributed by atoms with van der Waals surface area (Å²) in [6.45, 7) is 6.85. The van der Waals surface area contributed by atoms with E-state index >= 15 is 0 Å². The first-order valence-electron chi connectivity index (χ1n) is 11.5. The number of amides is 1. The van der Waals surface area contributed by atoms with Crippen LogP contribution in [0.1, 0.15) is 31.4 Å². The Morgan fingerprint density at radius 3 is 2.52 bits per heavy atom. The van der Waals surface area contributed by atoms with Crippen LogP contribution < -0.4 is 4.90 Å². The molecule has 0 bridgehead atoms. The van der Waals surface area contributed by atoms with Gasteiger partial charge in [0, 0.05) is 24.7 Å². The topological polar surface area (TPSA) is 58.8 Å². The lowest BCUT2D eigenvalue weighted by molar-refractivity contribution is -0.133. The third-order valence-corrected chi connectivity index (χ3v) is 6.16. The zero-order chi connectivity index (χ0) is 23.2. The third-order valence-electron chi connectivity index (χ3n) is 6.16. The summed E-state index contributed by atoms with van der Waals surface area (Å²) in [7, 11) is 0. The van der Waals surface area contributed by atoms with Gasteiger partial charge in [-0.2, -0.15) is 0 Å². The minimum atomic E-state index is -0.369. The van der Waals surface area contributed by atoms with Crippen molar-refractivity contribution in [3.05, 3.63) is 71.5 Å². The van der Waals surface area contributed by atoms with Gasteiger partial charge in [-0.25, -0.2) is 4.39 Å². The Hall–Kier alpha value is -3.19. The lowest BCUT2D eigenvalue weighted by atomic mass is 10.0. The summed E-state index contributed by atoms with van der Waals surface area (Å²) in [5, 5.41) is 4.27. The number of aromatic nitrogens is 1. The molecule has 0 radical (unpaired) electrons. The molecule has 33 heavy (non-hydrogen) atoms. The molecule has 7 heteroatoms. The number of morpholine rings is 1. The predicted molar refractivity (Wildman–Crippen MR) is 125 cm³/mol. The van der Waals surface area contributed by atoms with Crippen molar-refractivity contribution >= 4 is 11.8 Å². The zero-order valence-corrected chi connectivity index (χ0v) is 19.2. The molecule has 174 valence electrons. The first-order chi connectivity index (χ1) is 16.1. The molecule has 1 aromatic heterocycles. The highest BCUT2D eigenvalue weighted by atomic mass is 19.1. The largest absolute Gasteiger partial charge is 0.378 e. The van der Waals surface area contributed by atoms with E-state index in [1.807, 2.05) is 42.2 Å². The molecule has 1 aliphatic rings. The van der Waals surface area contributed by atoms with Crippen LogP contribution in [0.2, 0.25) is 0 Å². The van der Waals surface area contributed by atoms with E-state index in [2.05, 4.69) is 17.0 Å². The molecule has 0 aliphatic carbocycles. The Labute approximate surface area is 193 Å². The van der Waals surface area contributed by atoms with Crippen molar-refractivity contribution in [3.8, 4) is 11.3 Å². The molecule has 2 heterocycles. The Kier molecular flexibility index (Phi) is 7.40. The fourth-order valence-corrected chi connectivity index (χ4v) is 4.08. The van der Waals surface area contributed by atoms with Crippen molar-refractivity contribution in [2.45, 2.75) is 39.3 Å². The number of carbonyl (C=O) groups excluding carboxylic acids is 1. The quantitative estimate of drug-likeness (QED) is 0.497. The number of benzene rings is 2. The van der Waals surface area contributed by atoms with E-state index in [0.717, 1.165) is 17.5 Å². The molecule has 3 aromatic rings. The van der Waals surface area contributed by atoms with Gasteiger partial charge in [0.05, 0.1) is 31.7 Å². The second-order valence-electron chi connectivity index (χ2n) is 8.34. The number of halogens is 1. The highest BCUT2D eigenvalue weighted by molar-refractivity contribution is 5.80. The van der Waals surface area contributed by atoms with Crippen molar-refractivity contribution in [1.82, 2.24) is 10.1 Å². The third kappa shape index (κ3) is 5.25. The number of ether oxygens (including phenoxy) is 1. The van der Waals surface area contributed by atoms with Crippen LogP contribution in [0.3, 0.4) is 0 Å². The molecule has 4 rings (SSSR count). The summed E-state index contributed by atoms with van der Waals surface area (Å²) in [6.07, 6.45) is 1.10. The molecule has 1 saturated heterocycles. The number of nitrogens with zero attached hydrogens (tertiary/aromatic N) is 3. The van der Waals surface area contributed by atoms with Gasteiger partial charge < -0.3 is 19.1 Å². The summed E-state index contributed by atoms with van der Waals surface area (Å²) >= 11 is 0. The molecule has 1 atom stereocenters. The molecular formula is C26H30FN3O3. The predicted octanol–water partition coefficient (Wildman–Crippen LogP) is 4.69. The lowest BCUT2D eigenvalue weighted by Gasteiger charge is -2.31. The second-order valence-corrected chi connectivity index (χ2v) is 8.34. The molecule has 1 aliphatic heterocycles. The van der Waals surface area contributed by atoms with Gasteiger partial charge in [0.2, 0.25) is 11.8 Å². The van der Waals surface area contributed by atoms with Crippen LogP contribution >= 0.6 is 0 Å². The summed E-state index contributed by atoms with van der Waals surface area (Å²) in [5.74, 6) is 0.229. The van der Waals surface area contributed by atoms with Gasteiger partial charge >= 0.3 is 0 Å². The van der Waals surface area contributed by atoms with Gasteiger partial charge in [-0.05, 0) is 31.0 Å². The molecule has 2 aromatic carbocycles. The maximum Gasteiger partial charge on any atom is 0.233 e. The monoisotopic (exact) mass is 451 g/mol. The molecular weight excluding hydrogens is 421 g/mol. The molecule has 0 spiro atoms. The molecule has 0 N–H and O–H groups in total. The molecule has 1 fully saturated rings. The minimum Gasteiger partial charge on any atom is -0.378 e. The smallest absolute Gasteiger partial charge is 0.233 e. The normalized spacial score (nSPS) is 14.8. The molecule has 1 amide bonds. The molecule has 0 unspecified atom stereocenters. The van der Waals surface area contributed by atoms with Gasteiger partial charge in [0.1, 0.15) is 11.5 Å². The summed E-state index contributed by atoms with van der Waals surface area (Å²) < 4.78 is 26.0. The number of hydrogen-bond donors (Lipinski definition) is 0. The SMILES string of the molecule is CC[C@@H](C)N(Cc1c(-c2ccccc2F)noc1N1CCOCC1)C(=O)Cc1ccccc1. The van der Waals surface area contributed by atoms with E-state index in [-0.39, 0.29) is 17.8 Å². The van der Waals surface area contributed by atoms with Crippen molar-refractivity contribution in [1.29, 1.82) is 0 Å². The van der Waals surface area contributed by atoms with Crippen LogP contribution in [0.25, 0.3) is 11.3 Å². The standard InChI is InChI=1S/C26H30FN3O3/c1-3-19(2)30(24(31)17-20-9-5-4-6-10-20)18-22-25(21-11-7-8-12-23(21)27)28-33-26(22)29-13-15-32-16-14-29/h4-12,19H,3,13-18H2,1-2H3/t19-/m1/s1. The zero-order valence-electron chi connectivity index (χ0n) is 19.2. The Bertz CT molecular complexity index is 1060. The highest BCUT2D eigenvalue weighted by Crippen LogP contribution is 2.34. The van der Waals surface area contributed by atoms with Gasteiger partial charge in [-0.1, -0.05) is 54.5 Å². The number of rotatable bonds is 8. The van der Waals surface area contributed by atoms with E-state index in [1.54, 1.807) is 18.2 Å². The van der Waals surface area contributed by atoms with Crippen molar-refractivity contribution in [2.24, 2.45) is 0 Å². The Balaban J connectivity index is 1.71. The Morgan fingerprint density at radius 2 is 1.82 bits per heavy atom. The molecule has 6 nitrogen and oxygen atoms in total. The van der Waals surface area contributed by atoms with E-state index in [4.69, 9.17) is 9.26 Å². The number of hydrogen-bond acceptors (Lipinski definition) is 5. The fraction of sp³-hybridized carbons (Fsp3) is 0.385. The van der Waals surface area contributed by atoms with E-state index in [1.165, 1.54) is 6.07 Å². The van der Waals surface area contributed by atoms with Gasteiger partial charge in [-0.3, -0.25) is 4.79 Å². The van der Waals surface area contributed by atoms with Crippen molar-refractivity contribution < 1.29 is 18.4 Å². The average Bonchev–Trinajstić information content (AvgIpc) is 3.26. The lowest BCUT2D eigenvalue weighted by Crippen LogP contribution is -2.40. The van der Waals surface area contributed by atoms with E-state index < -0.39 is 0 Å². The van der Waals surface area contributed by atoms with Crippen molar-refractivity contribution in [2.75, 3.05) is 31.2 Å². The molecule has 0 saturated carbocycles. The summed E-state index contributed by atoms with van der Waals surface area (Å²) in [5.41, 5.74) is 2.50. The first-order valence-corrected chi connectivity index (χ1v) is 11.5. The van der Waals surface area contributed by atoms with Crippen LogP contribution in [0.5, 0.6) is 0 Å². The average molecular weight is 452 g/mol. The minimum absolute atomic E-state index is 0.00196. The van der Waals surface area contributed by atoms with Crippen molar-refractivity contribution in [3.63, 3.8) is 0 Å². The van der Waals surface area contributed by atoms with Gasteiger partial charge in [0.25, 0.3) is 0 Å². The fourth-order valence-electron chi connectivity index (χ4n) is 4.08. The first kappa shape index (κ1) is 23.0.